The molecule has 0 aliphatic carbocycles. The molecule has 9 heteroatoms. The van der Waals surface area contributed by atoms with Crippen LogP contribution in [0.25, 0.3) is 10.9 Å². The number of pyridine rings is 1. The van der Waals surface area contributed by atoms with Gasteiger partial charge in [-0.25, -0.2) is 13.2 Å². The minimum atomic E-state index is -0.929. The van der Waals surface area contributed by atoms with E-state index in [0.29, 0.717) is 24.4 Å². The normalized spacial score (nSPS) is 15.6. The van der Waals surface area contributed by atoms with Gasteiger partial charge in [0.25, 0.3) is 0 Å². The molecule has 1 aromatic heterocycles. The number of carboxylic acids is 1. The third-order valence-electron chi connectivity index (χ3n) is 7.60. The van der Waals surface area contributed by atoms with Crippen LogP contribution in [0.4, 0.5) is 13.2 Å². The van der Waals surface area contributed by atoms with Crippen molar-refractivity contribution in [2.24, 2.45) is 5.41 Å². The fourth-order valence-electron chi connectivity index (χ4n) is 5.46. The molecule has 1 N–H and O–H groups in total. The summed E-state index contributed by atoms with van der Waals surface area (Å²) in [5.41, 5.74) is 2.96. The van der Waals surface area contributed by atoms with Gasteiger partial charge in [0.05, 0.1) is 23.9 Å². The number of methoxy groups -OCH3 is 1. The fraction of sp³-hybridized carbons (Fsp3) is 0.448. The molecule has 1 aliphatic heterocycles. The summed E-state index contributed by atoms with van der Waals surface area (Å²) in [5, 5.41) is 10.7. The quantitative estimate of drug-likeness (QED) is 0.272. The molecule has 1 aliphatic rings. The highest BCUT2D eigenvalue weighted by atomic mass is 32.2. The van der Waals surface area contributed by atoms with E-state index in [1.165, 1.54) is 5.56 Å². The predicted molar refractivity (Wildman–Crippen MR) is 143 cm³/mol. The number of carboxylic acid groups (broad SMARTS) is 1. The Morgan fingerprint density at radius 1 is 1.16 bits per heavy atom. The average molecular weight is 547 g/mol. The first-order valence-corrected chi connectivity index (χ1v) is 13.8. The summed E-state index contributed by atoms with van der Waals surface area (Å²) >= 11 is 1.04. The number of piperidine rings is 1. The predicted octanol–water partition coefficient (Wildman–Crippen LogP) is 6.64. The van der Waals surface area contributed by atoms with Crippen LogP contribution >= 0.6 is 11.8 Å². The molecule has 2 heterocycles. The lowest BCUT2D eigenvalue weighted by atomic mass is 9.72. The third kappa shape index (κ3) is 6.80. The second-order valence-corrected chi connectivity index (χ2v) is 11.2. The number of thioether (sulfide) groups is 1. The van der Waals surface area contributed by atoms with Gasteiger partial charge in [-0.05, 0) is 86.9 Å². The van der Waals surface area contributed by atoms with E-state index in [1.807, 2.05) is 24.4 Å². The Bertz CT molecular complexity index is 1270. The van der Waals surface area contributed by atoms with Crippen LogP contribution in [0.15, 0.2) is 41.4 Å². The fourth-order valence-corrected chi connectivity index (χ4v) is 6.40. The zero-order valence-corrected chi connectivity index (χ0v) is 22.6. The Balaban J connectivity index is 1.35. The Kier molecular flexibility index (Phi) is 9.20. The Hall–Kier alpha value is -2.78. The molecule has 0 saturated carbocycles. The smallest absolute Gasteiger partial charge is 0.303 e. The van der Waals surface area contributed by atoms with Gasteiger partial charge in [0.1, 0.15) is 23.2 Å². The monoisotopic (exact) mass is 546 g/mol. The van der Waals surface area contributed by atoms with Crippen molar-refractivity contribution in [3.8, 4) is 5.75 Å². The number of halogens is 3. The van der Waals surface area contributed by atoms with Gasteiger partial charge in [0, 0.05) is 36.0 Å². The van der Waals surface area contributed by atoms with E-state index < -0.39 is 23.4 Å². The number of ether oxygens (including phenoxy) is 1. The molecular weight excluding hydrogens is 513 g/mol. The van der Waals surface area contributed by atoms with Crippen molar-refractivity contribution in [3.05, 3.63) is 65.1 Å². The van der Waals surface area contributed by atoms with Crippen molar-refractivity contribution < 1.29 is 27.8 Å². The van der Waals surface area contributed by atoms with Crippen LogP contribution in [0.2, 0.25) is 0 Å². The largest absolute Gasteiger partial charge is 0.497 e. The van der Waals surface area contributed by atoms with Gasteiger partial charge in [-0.15, -0.1) is 11.8 Å². The highest BCUT2D eigenvalue weighted by molar-refractivity contribution is 7.99. The second kappa shape index (κ2) is 12.4. The molecule has 204 valence electrons. The number of likely N-dealkylation sites (tertiary alicyclic amines) is 1. The molecule has 3 aromatic rings. The zero-order valence-electron chi connectivity index (χ0n) is 21.7. The van der Waals surface area contributed by atoms with Gasteiger partial charge in [0.15, 0.2) is 0 Å². The maximum atomic E-state index is 13.9. The van der Waals surface area contributed by atoms with E-state index in [9.17, 15) is 23.1 Å². The lowest BCUT2D eigenvalue weighted by Crippen LogP contribution is -2.42. The van der Waals surface area contributed by atoms with Gasteiger partial charge < -0.3 is 14.7 Å². The minimum Gasteiger partial charge on any atom is -0.497 e. The van der Waals surface area contributed by atoms with E-state index in [2.05, 4.69) is 16.8 Å². The highest BCUT2D eigenvalue weighted by Crippen LogP contribution is 2.40. The van der Waals surface area contributed by atoms with Crippen LogP contribution in [0.5, 0.6) is 5.75 Å². The maximum Gasteiger partial charge on any atom is 0.303 e. The molecule has 0 amide bonds. The summed E-state index contributed by atoms with van der Waals surface area (Å²) in [6.45, 7) is 4.13. The van der Waals surface area contributed by atoms with Crippen LogP contribution in [0, 0.1) is 29.8 Å². The minimum absolute atomic E-state index is 0.130. The lowest BCUT2D eigenvalue weighted by molar-refractivity contribution is -0.140. The standard InChI is InChI=1S/C29H33F3N2O3S/c1-19-18-33-26-6-5-21(37-2)16-23(26)22(19)4-3-7-29(17-27(35)36)8-10-34(11-9-29)12-13-38-28-24(31)14-20(30)15-25(28)32/h5-6,14-16,18H,3-4,7-13,17H2,1-2H3,(H,35,36). The number of benzene rings is 2. The van der Waals surface area contributed by atoms with E-state index in [1.54, 1.807) is 7.11 Å². The first kappa shape index (κ1) is 28.2. The number of aromatic nitrogens is 1. The molecule has 0 radical (unpaired) electrons. The number of aryl methyl sites for hydroxylation is 2. The van der Waals surface area contributed by atoms with Gasteiger partial charge in [-0.2, -0.15) is 0 Å². The van der Waals surface area contributed by atoms with Crippen molar-refractivity contribution in [1.29, 1.82) is 0 Å². The Labute approximate surface area is 225 Å². The van der Waals surface area contributed by atoms with Gasteiger partial charge in [-0.1, -0.05) is 0 Å². The summed E-state index contributed by atoms with van der Waals surface area (Å²) in [6.07, 6.45) is 6.03. The topological polar surface area (TPSA) is 62.7 Å². The van der Waals surface area contributed by atoms with Crippen molar-refractivity contribution >= 4 is 28.6 Å². The van der Waals surface area contributed by atoms with Gasteiger partial charge >= 0.3 is 5.97 Å². The van der Waals surface area contributed by atoms with Crippen LogP contribution in [0.1, 0.15) is 43.2 Å². The Morgan fingerprint density at radius 2 is 1.87 bits per heavy atom. The van der Waals surface area contributed by atoms with Crippen LogP contribution in [-0.2, 0) is 11.2 Å². The zero-order chi connectivity index (χ0) is 27.3. The summed E-state index contributed by atoms with van der Waals surface area (Å²) in [6, 6.07) is 7.25. The Morgan fingerprint density at radius 3 is 2.53 bits per heavy atom. The van der Waals surface area contributed by atoms with E-state index in [0.717, 1.165) is 79.2 Å². The number of aliphatic carboxylic acids is 1. The van der Waals surface area contributed by atoms with Crippen LogP contribution in [0.3, 0.4) is 0 Å². The maximum absolute atomic E-state index is 13.9. The van der Waals surface area contributed by atoms with E-state index in [4.69, 9.17) is 4.74 Å². The summed E-state index contributed by atoms with van der Waals surface area (Å²) in [7, 11) is 1.64. The summed E-state index contributed by atoms with van der Waals surface area (Å²) in [4.78, 5) is 18.3. The summed E-state index contributed by atoms with van der Waals surface area (Å²) < 4.78 is 46.4. The first-order chi connectivity index (χ1) is 18.2. The molecule has 38 heavy (non-hydrogen) atoms. The molecule has 0 atom stereocenters. The first-order valence-electron chi connectivity index (χ1n) is 12.8. The van der Waals surface area contributed by atoms with Gasteiger partial charge in [-0.3, -0.25) is 9.78 Å². The molecule has 2 aromatic carbocycles. The SMILES string of the molecule is COc1ccc2ncc(C)c(CCCC3(CC(=O)O)CCN(CCSc4c(F)cc(F)cc4F)CC3)c2c1. The molecule has 0 unspecified atom stereocenters. The molecule has 1 saturated heterocycles. The van der Waals surface area contributed by atoms with E-state index >= 15 is 0 Å². The number of carbonyl (C=O) groups is 1. The molecule has 5 nitrogen and oxygen atoms in total. The molecule has 4 rings (SSSR count). The number of fused-ring (bicyclic) bond motifs is 1. The number of rotatable bonds is 11. The van der Waals surface area contributed by atoms with E-state index in [-0.39, 0.29) is 16.7 Å². The molecular formula is C29H33F3N2O3S. The second-order valence-electron chi connectivity index (χ2n) is 10.1. The van der Waals surface area contributed by atoms with Crippen LogP contribution < -0.4 is 4.74 Å². The van der Waals surface area contributed by atoms with Crippen molar-refractivity contribution in [2.45, 2.75) is 50.3 Å². The average Bonchev–Trinajstić information content (AvgIpc) is 2.87. The molecule has 1 fully saturated rings. The van der Waals surface area contributed by atoms with Crippen molar-refractivity contribution in [3.63, 3.8) is 0 Å². The highest BCUT2D eigenvalue weighted by Gasteiger charge is 2.36. The van der Waals surface area contributed by atoms with Crippen molar-refractivity contribution in [1.82, 2.24) is 9.88 Å². The lowest BCUT2D eigenvalue weighted by Gasteiger charge is -2.41. The molecule has 0 spiro atoms. The third-order valence-corrected chi connectivity index (χ3v) is 8.66. The van der Waals surface area contributed by atoms with Crippen LogP contribution in [-0.4, -0.2) is 53.5 Å². The molecule has 0 bridgehead atoms. The number of hydrogen-bond donors (Lipinski definition) is 1. The summed E-state index contributed by atoms with van der Waals surface area (Å²) in [5.74, 6) is -2.24. The number of nitrogens with zero attached hydrogens (tertiary/aromatic N) is 2. The van der Waals surface area contributed by atoms with Gasteiger partial charge in [0.2, 0.25) is 0 Å². The van der Waals surface area contributed by atoms with Crippen molar-refractivity contribution in [2.75, 3.05) is 32.5 Å². The number of hydrogen-bond acceptors (Lipinski definition) is 5.